The van der Waals surface area contributed by atoms with Gasteiger partial charge < -0.3 is 14.9 Å². The molecule has 2 aromatic heterocycles. The molecule has 1 aliphatic rings. The second kappa shape index (κ2) is 5.49. The van der Waals surface area contributed by atoms with Crippen molar-refractivity contribution in [2.45, 2.75) is 32.3 Å². The number of aryl methyl sites for hydroxylation is 2. The van der Waals surface area contributed by atoms with E-state index in [9.17, 15) is 0 Å². The number of methoxy groups -OCH3 is 1. The predicted octanol–water partition coefficient (Wildman–Crippen LogP) is 2.25. The van der Waals surface area contributed by atoms with Gasteiger partial charge in [0, 0.05) is 38.0 Å². The zero-order valence-electron chi connectivity index (χ0n) is 12.5. The van der Waals surface area contributed by atoms with Gasteiger partial charge in [0.15, 0.2) is 11.6 Å². The zero-order chi connectivity index (χ0) is 15.0. The quantitative estimate of drug-likeness (QED) is 0.668. The van der Waals surface area contributed by atoms with Crippen LogP contribution >= 0.6 is 11.3 Å². The minimum atomic E-state index is -0.482. The third kappa shape index (κ3) is 2.30. The minimum absolute atomic E-state index is 0.482. The zero-order valence-corrected chi connectivity index (χ0v) is 13.3. The van der Waals surface area contributed by atoms with Crippen molar-refractivity contribution in [3.63, 3.8) is 0 Å². The molecule has 21 heavy (non-hydrogen) atoms. The van der Waals surface area contributed by atoms with Crippen molar-refractivity contribution < 1.29 is 9.47 Å². The maximum Gasteiger partial charge on any atom is 0.164 e. The highest BCUT2D eigenvalue weighted by atomic mass is 32.1. The van der Waals surface area contributed by atoms with E-state index < -0.39 is 5.60 Å². The Hall–Kier alpha value is -1.28. The number of nitrogens with zero attached hydrogens (tertiary/aromatic N) is 2. The molecule has 1 fully saturated rings. The SMILES string of the molecule is COC1(c2nc(NN)c3c(C)c(C)sc3n2)CCOCC1. The molecule has 3 rings (SSSR count). The smallest absolute Gasteiger partial charge is 0.164 e. The maximum atomic E-state index is 5.78. The van der Waals surface area contributed by atoms with Gasteiger partial charge in [0.05, 0.1) is 5.39 Å². The number of rotatable bonds is 3. The second-order valence-electron chi connectivity index (χ2n) is 5.31. The van der Waals surface area contributed by atoms with Gasteiger partial charge in [-0.15, -0.1) is 11.3 Å². The number of hydrogen-bond donors (Lipinski definition) is 2. The molecule has 3 N–H and O–H groups in total. The van der Waals surface area contributed by atoms with Crippen LogP contribution in [0.25, 0.3) is 10.2 Å². The van der Waals surface area contributed by atoms with Crippen LogP contribution in [-0.4, -0.2) is 30.3 Å². The highest BCUT2D eigenvalue weighted by Gasteiger charge is 2.38. The predicted molar refractivity (Wildman–Crippen MR) is 83.4 cm³/mol. The number of anilines is 1. The lowest BCUT2D eigenvalue weighted by atomic mass is 9.93. The topological polar surface area (TPSA) is 82.3 Å². The van der Waals surface area contributed by atoms with Crippen LogP contribution in [0.3, 0.4) is 0 Å². The largest absolute Gasteiger partial charge is 0.381 e. The molecule has 114 valence electrons. The standard InChI is InChI=1S/C14H20N4O2S/c1-8-9(2)21-12-10(8)11(18-15)16-13(17-12)14(19-3)4-6-20-7-5-14/h4-7,15H2,1-3H3,(H,16,17,18). The molecule has 0 aromatic carbocycles. The average Bonchev–Trinajstić information content (AvgIpc) is 2.82. The van der Waals surface area contributed by atoms with E-state index in [4.69, 9.17) is 20.3 Å². The van der Waals surface area contributed by atoms with Crippen LogP contribution in [0.1, 0.15) is 29.1 Å². The van der Waals surface area contributed by atoms with Crippen LogP contribution in [0.2, 0.25) is 0 Å². The summed E-state index contributed by atoms with van der Waals surface area (Å²) in [7, 11) is 1.71. The first kappa shape index (κ1) is 14.6. The van der Waals surface area contributed by atoms with Crippen LogP contribution in [0, 0.1) is 13.8 Å². The van der Waals surface area contributed by atoms with Crippen molar-refractivity contribution in [2.75, 3.05) is 25.7 Å². The number of hydrogen-bond acceptors (Lipinski definition) is 7. The Morgan fingerprint density at radius 1 is 1.29 bits per heavy atom. The first-order valence-electron chi connectivity index (χ1n) is 6.99. The Morgan fingerprint density at radius 3 is 2.62 bits per heavy atom. The molecular weight excluding hydrogens is 288 g/mol. The Labute approximate surface area is 127 Å². The van der Waals surface area contributed by atoms with E-state index in [0.717, 1.165) is 23.1 Å². The molecule has 6 nitrogen and oxygen atoms in total. The Balaban J connectivity index is 2.19. The summed E-state index contributed by atoms with van der Waals surface area (Å²) in [5, 5.41) is 1.00. The molecule has 0 aliphatic carbocycles. The summed E-state index contributed by atoms with van der Waals surface area (Å²) in [6, 6.07) is 0. The molecule has 0 bridgehead atoms. The second-order valence-corrected chi connectivity index (χ2v) is 6.52. The van der Waals surface area contributed by atoms with Crippen LogP contribution in [-0.2, 0) is 15.1 Å². The fourth-order valence-electron chi connectivity index (χ4n) is 2.78. The highest BCUT2D eigenvalue weighted by molar-refractivity contribution is 7.18. The summed E-state index contributed by atoms with van der Waals surface area (Å²) in [6.45, 7) is 5.47. The van der Waals surface area contributed by atoms with Crippen molar-refractivity contribution in [1.29, 1.82) is 0 Å². The van der Waals surface area contributed by atoms with Crippen LogP contribution in [0.5, 0.6) is 0 Å². The number of fused-ring (bicyclic) bond motifs is 1. The molecule has 0 unspecified atom stereocenters. The summed E-state index contributed by atoms with van der Waals surface area (Å²) >= 11 is 1.66. The normalized spacial score (nSPS) is 18.1. The van der Waals surface area contributed by atoms with E-state index in [2.05, 4.69) is 24.3 Å². The summed E-state index contributed by atoms with van der Waals surface area (Å²) in [5.74, 6) is 7.03. The molecule has 2 aromatic rings. The molecule has 0 saturated carbocycles. The van der Waals surface area contributed by atoms with Crippen molar-refractivity contribution in [3.05, 3.63) is 16.3 Å². The minimum Gasteiger partial charge on any atom is -0.381 e. The van der Waals surface area contributed by atoms with Crippen LogP contribution in [0.4, 0.5) is 5.82 Å². The number of nitrogen functional groups attached to an aromatic ring is 1. The number of thiophene rings is 1. The van der Waals surface area contributed by atoms with E-state index in [1.165, 1.54) is 10.4 Å². The number of ether oxygens (including phenoxy) is 2. The molecular formula is C14H20N4O2S. The van der Waals surface area contributed by atoms with Gasteiger partial charge in [-0.2, -0.15) is 0 Å². The molecule has 3 heterocycles. The Kier molecular flexibility index (Phi) is 3.83. The van der Waals surface area contributed by atoms with Crippen molar-refractivity contribution in [3.8, 4) is 0 Å². The van der Waals surface area contributed by atoms with Gasteiger partial charge in [-0.1, -0.05) is 0 Å². The van der Waals surface area contributed by atoms with Gasteiger partial charge >= 0.3 is 0 Å². The highest BCUT2D eigenvalue weighted by Crippen LogP contribution is 2.38. The summed E-state index contributed by atoms with van der Waals surface area (Å²) < 4.78 is 11.2. The lowest BCUT2D eigenvalue weighted by Gasteiger charge is -2.34. The van der Waals surface area contributed by atoms with Gasteiger partial charge in [-0.25, -0.2) is 15.8 Å². The molecule has 0 atom stereocenters. The summed E-state index contributed by atoms with van der Waals surface area (Å²) in [6.07, 6.45) is 1.50. The molecule has 7 heteroatoms. The molecule has 0 spiro atoms. The van der Waals surface area contributed by atoms with Gasteiger partial charge in [0.2, 0.25) is 0 Å². The third-order valence-electron chi connectivity index (χ3n) is 4.26. The van der Waals surface area contributed by atoms with Gasteiger partial charge in [-0.05, 0) is 19.4 Å². The Morgan fingerprint density at radius 2 is 2.00 bits per heavy atom. The molecule has 0 amide bonds. The van der Waals surface area contributed by atoms with Gasteiger partial charge in [-0.3, -0.25) is 0 Å². The molecule has 1 saturated heterocycles. The van der Waals surface area contributed by atoms with Crippen LogP contribution in [0.15, 0.2) is 0 Å². The maximum absolute atomic E-state index is 5.78. The molecule has 1 aliphatic heterocycles. The van der Waals surface area contributed by atoms with E-state index in [-0.39, 0.29) is 0 Å². The first-order valence-corrected chi connectivity index (χ1v) is 7.80. The lowest BCUT2D eigenvalue weighted by molar-refractivity contribution is -0.0997. The summed E-state index contributed by atoms with van der Waals surface area (Å²) in [4.78, 5) is 11.6. The number of aromatic nitrogens is 2. The monoisotopic (exact) mass is 308 g/mol. The number of nitrogens with one attached hydrogen (secondary N) is 1. The average molecular weight is 308 g/mol. The van der Waals surface area contributed by atoms with Crippen molar-refractivity contribution in [2.24, 2.45) is 5.84 Å². The molecule has 0 radical (unpaired) electrons. The van der Waals surface area contributed by atoms with Crippen molar-refractivity contribution in [1.82, 2.24) is 9.97 Å². The first-order chi connectivity index (χ1) is 10.1. The van der Waals surface area contributed by atoms with E-state index in [1.54, 1.807) is 18.4 Å². The third-order valence-corrected chi connectivity index (χ3v) is 5.37. The van der Waals surface area contributed by atoms with E-state index in [1.807, 2.05) is 0 Å². The van der Waals surface area contributed by atoms with Gasteiger partial charge in [0.1, 0.15) is 10.4 Å². The number of hydrazine groups is 1. The lowest BCUT2D eigenvalue weighted by Crippen LogP contribution is -2.37. The fourth-order valence-corrected chi connectivity index (χ4v) is 3.81. The van der Waals surface area contributed by atoms with Crippen molar-refractivity contribution >= 4 is 27.4 Å². The fraction of sp³-hybridized carbons (Fsp3) is 0.571. The van der Waals surface area contributed by atoms with Gasteiger partial charge in [0.25, 0.3) is 0 Å². The summed E-state index contributed by atoms with van der Waals surface area (Å²) in [5.41, 5.74) is 3.41. The Bertz CT molecular complexity index is 665. The number of nitrogens with two attached hydrogens (primary N) is 1. The van der Waals surface area contributed by atoms with E-state index >= 15 is 0 Å². The van der Waals surface area contributed by atoms with E-state index in [0.29, 0.717) is 24.9 Å². The van der Waals surface area contributed by atoms with Crippen LogP contribution < -0.4 is 11.3 Å².